The van der Waals surface area contributed by atoms with Gasteiger partial charge in [-0.15, -0.1) is 11.3 Å². The first-order valence-electron chi connectivity index (χ1n) is 11.3. The minimum absolute atomic E-state index is 0.00388. The summed E-state index contributed by atoms with van der Waals surface area (Å²) in [6, 6.07) is 9.37. The Labute approximate surface area is 219 Å². The molecule has 12 heteroatoms. The highest BCUT2D eigenvalue weighted by Gasteiger charge is 2.31. The number of nitrogens with two attached hydrogens (primary N) is 1. The van der Waals surface area contributed by atoms with Gasteiger partial charge >= 0.3 is 0 Å². The summed E-state index contributed by atoms with van der Waals surface area (Å²) >= 11 is 2.14. The van der Waals surface area contributed by atoms with Crippen molar-refractivity contribution in [2.45, 2.75) is 30.4 Å². The molecule has 1 atom stereocenters. The highest BCUT2D eigenvalue weighted by atomic mass is 32.2. The van der Waals surface area contributed by atoms with Gasteiger partial charge in [0.05, 0.1) is 45.1 Å². The second-order valence-electron chi connectivity index (χ2n) is 8.98. The zero-order valence-corrected chi connectivity index (χ0v) is 21.5. The molecule has 0 saturated carbocycles. The number of nitrogen functional groups attached to an aromatic ring is 1. The van der Waals surface area contributed by atoms with Crippen molar-refractivity contribution in [2.75, 3.05) is 23.6 Å². The summed E-state index contributed by atoms with van der Waals surface area (Å²) in [4.78, 5) is 13.7. The quantitative estimate of drug-likeness (QED) is 0.261. The standard InChI is InChI=1S/C25H23F3N6OS2/c1-25(2)12-31-18(11-35-25)23-33-21(22(36-23)17-8-9-30-24(29)32-17)14-4-3-5-16(20(14)28)34-37-19-10-13(26)6-7-15(19)27/h3-10,18,31,34H,11-12H2,1-2H3,(H2,29,30,32). The number of rotatable bonds is 6. The Balaban J connectivity index is 1.52. The molecule has 192 valence electrons. The Bertz CT molecular complexity index is 1440. The molecule has 5 rings (SSSR count). The summed E-state index contributed by atoms with van der Waals surface area (Å²) in [5.41, 5.74) is 6.73. The van der Waals surface area contributed by atoms with Crippen molar-refractivity contribution in [3.8, 4) is 21.8 Å². The van der Waals surface area contributed by atoms with Crippen LogP contribution in [0.4, 0.5) is 24.8 Å². The number of anilines is 2. The molecule has 1 aliphatic rings. The van der Waals surface area contributed by atoms with Gasteiger partial charge in [0.1, 0.15) is 16.6 Å². The molecule has 2 aromatic carbocycles. The number of nitrogens with one attached hydrogen (secondary N) is 2. The van der Waals surface area contributed by atoms with Crippen LogP contribution < -0.4 is 15.8 Å². The molecule has 37 heavy (non-hydrogen) atoms. The van der Waals surface area contributed by atoms with E-state index in [1.807, 2.05) is 13.8 Å². The summed E-state index contributed by atoms with van der Waals surface area (Å²) in [7, 11) is 0. The van der Waals surface area contributed by atoms with E-state index >= 15 is 4.39 Å². The van der Waals surface area contributed by atoms with E-state index in [1.165, 1.54) is 23.6 Å². The third kappa shape index (κ3) is 5.57. The normalized spacial score (nSPS) is 17.1. The highest BCUT2D eigenvalue weighted by molar-refractivity contribution is 8.00. The molecule has 0 aliphatic carbocycles. The number of hydrogen-bond donors (Lipinski definition) is 3. The van der Waals surface area contributed by atoms with Crippen LogP contribution in [-0.2, 0) is 4.74 Å². The highest BCUT2D eigenvalue weighted by Crippen LogP contribution is 2.41. The fraction of sp³-hybridized carbons (Fsp3) is 0.240. The predicted molar refractivity (Wildman–Crippen MR) is 140 cm³/mol. The van der Waals surface area contributed by atoms with E-state index in [0.29, 0.717) is 34.4 Å². The maximum absolute atomic E-state index is 15.8. The van der Waals surface area contributed by atoms with E-state index in [4.69, 9.17) is 15.5 Å². The van der Waals surface area contributed by atoms with Crippen molar-refractivity contribution in [3.05, 3.63) is 71.1 Å². The van der Waals surface area contributed by atoms with Crippen LogP contribution in [0, 0.1) is 17.5 Å². The summed E-state index contributed by atoms with van der Waals surface area (Å²) < 4.78 is 52.1. The monoisotopic (exact) mass is 544 g/mol. The molecule has 1 unspecified atom stereocenters. The van der Waals surface area contributed by atoms with Gasteiger partial charge in [-0.25, -0.2) is 28.1 Å². The van der Waals surface area contributed by atoms with Crippen molar-refractivity contribution in [2.24, 2.45) is 0 Å². The Hall–Kier alpha value is -3.19. The van der Waals surface area contributed by atoms with Crippen molar-refractivity contribution < 1.29 is 17.9 Å². The Kier molecular flexibility index (Phi) is 7.08. The van der Waals surface area contributed by atoms with E-state index in [0.717, 1.165) is 30.1 Å². The van der Waals surface area contributed by atoms with Crippen LogP contribution in [0.2, 0.25) is 0 Å². The lowest BCUT2D eigenvalue weighted by molar-refractivity contribution is -0.0586. The number of halogens is 3. The predicted octanol–water partition coefficient (Wildman–Crippen LogP) is 5.83. The second-order valence-corrected chi connectivity index (χ2v) is 10.9. The number of hydrogen-bond acceptors (Lipinski definition) is 9. The molecule has 2 aromatic heterocycles. The van der Waals surface area contributed by atoms with Crippen LogP contribution in [0.15, 0.2) is 53.6 Å². The molecule has 1 fully saturated rings. The minimum Gasteiger partial charge on any atom is -0.372 e. The lowest BCUT2D eigenvalue weighted by Gasteiger charge is -2.34. The fourth-order valence-corrected chi connectivity index (χ4v) is 5.57. The van der Waals surface area contributed by atoms with Gasteiger partial charge in [-0.3, -0.25) is 0 Å². The number of ether oxygens (including phenoxy) is 1. The lowest BCUT2D eigenvalue weighted by Crippen LogP contribution is -2.47. The van der Waals surface area contributed by atoms with Gasteiger partial charge < -0.3 is 20.5 Å². The number of aromatic nitrogens is 3. The summed E-state index contributed by atoms with van der Waals surface area (Å²) in [5.74, 6) is -1.72. The Morgan fingerprint density at radius 2 is 2.00 bits per heavy atom. The van der Waals surface area contributed by atoms with Crippen LogP contribution >= 0.6 is 23.3 Å². The van der Waals surface area contributed by atoms with Crippen LogP contribution in [0.25, 0.3) is 21.8 Å². The largest absolute Gasteiger partial charge is 0.372 e. The van der Waals surface area contributed by atoms with Crippen LogP contribution in [0.3, 0.4) is 0 Å². The van der Waals surface area contributed by atoms with E-state index in [9.17, 15) is 8.78 Å². The van der Waals surface area contributed by atoms with Gasteiger partial charge in [-0.1, -0.05) is 6.07 Å². The molecular weight excluding hydrogens is 521 g/mol. The fourth-order valence-electron chi connectivity index (χ4n) is 3.75. The van der Waals surface area contributed by atoms with Crippen molar-refractivity contribution in [1.29, 1.82) is 0 Å². The molecule has 7 nitrogen and oxygen atoms in total. The average Bonchev–Trinajstić information content (AvgIpc) is 3.30. The van der Waals surface area contributed by atoms with Gasteiger partial charge in [-0.2, -0.15) is 0 Å². The first kappa shape index (κ1) is 25.5. The second kappa shape index (κ2) is 10.3. The molecule has 3 heterocycles. The molecule has 0 amide bonds. The van der Waals surface area contributed by atoms with E-state index in [-0.39, 0.29) is 33.7 Å². The minimum atomic E-state index is -0.617. The van der Waals surface area contributed by atoms with E-state index in [2.05, 4.69) is 20.0 Å². The SMILES string of the molecule is CC1(C)CNC(c2nc(-c3cccc(NSc4cc(F)ccc4F)c3F)c(-c3ccnc(N)n3)s2)CO1. The molecule has 4 aromatic rings. The Morgan fingerprint density at radius 3 is 2.76 bits per heavy atom. The number of morpholine rings is 1. The van der Waals surface area contributed by atoms with Gasteiger partial charge in [0.25, 0.3) is 0 Å². The average molecular weight is 545 g/mol. The molecule has 0 bridgehead atoms. The van der Waals surface area contributed by atoms with Crippen molar-refractivity contribution in [3.63, 3.8) is 0 Å². The first-order valence-corrected chi connectivity index (χ1v) is 13.0. The molecule has 1 saturated heterocycles. The zero-order valence-electron chi connectivity index (χ0n) is 19.9. The van der Waals surface area contributed by atoms with Crippen LogP contribution in [0.5, 0.6) is 0 Å². The molecule has 1 aliphatic heterocycles. The first-order chi connectivity index (χ1) is 17.7. The third-order valence-corrected chi connectivity index (χ3v) is 7.73. The number of nitrogens with zero attached hydrogens (tertiary/aromatic N) is 3. The smallest absolute Gasteiger partial charge is 0.220 e. The topological polar surface area (TPSA) is 98.0 Å². The molecule has 0 spiro atoms. The van der Waals surface area contributed by atoms with Gasteiger partial charge in [0.2, 0.25) is 5.95 Å². The third-order valence-electron chi connectivity index (χ3n) is 5.68. The van der Waals surface area contributed by atoms with E-state index < -0.39 is 17.5 Å². The Morgan fingerprint density at radius 1 is 1.16 bits per heavy atom. The van der Waals surface area contributed by atoms with Gasteiger partial charge in [0.15, 0.2) is 5.82 Å². The lowest BCUT2D eigenvalue weighted by atomic mass is 10.1. The van der Waals surface area contributed by atoms with Crippen molar-refractivity contribution >= 4 is 34.9 Å². The van der Waals surface area contributed by atoms with Crippen molar-refractivity contribution in [1.82, 2.24) is 20.3 Å². The maximum atomic E-state index is 15.8. The maximum Gasteiger partial charge on any atom is 0.220 e. The van der Waals surface area contributed by atoms with Gasteiger partial charge in [0, 0.05) is 18.3 Å². The summed E-state index contributed by atoms with van der Waals surface area (Å²) in [5, 5.41) is 4.16. The molecule has 4 N–H and O–H groups in total. The van der Waals surface area contributed by atoms with Crippen LogP contribution in [0.1, 0.15) is 24.9 Å². The van der Waals surface area contributed by atoms with Gasteiger partial charge in [-0.05, 0) is 62.2 Å². The van der Waals surface area contributed by atoms with E-state index in [1.54, 1.807) is 18.2 Å². The van der Waals surface area contributed by atoms with Crippen LogP contribution in [-0.4, -0.2) is 33.7 Å². The molecule has 0 radical (unpaired) electrons. The molecular formula is C25H23F3N6OS2. The zero-order chi connectivity index (χ0) is 26.2. The summed E-state index contributed by atoms with van der Waals surface area (Å²) in [6.45, 7) is 5.04. The number of thiazole rings is 1. The summed E-state index contributed by atoms with van der Waals surface area (Å²) in [6.07, 6.45) is 1.53. The number of benzene rings is 2.